The van der Waals surface area contributed by atoms with Gasteiger partial charge in [-0.3, -0.25) is 9.69 Å². The van der Waals surface area contributed by atoms with Crippen LogP contribution >= 0.6 is 24.8 Å². The normalized spacial score (nSPS) is 19.2. The average Bonchev–Trinajstić information content (AvgIpc) is 2.84. The first-order valence-corrected chi connectivity index (χ1v) is 6.98. The molecule has 1 aliphatic rings. The Morgan fingerprint density at radius 1 is 1.38 bits per heavy atom. The van der Waals surface area contributed by atoms with Crippen molar-refractivity contribution >= 4 is 30.7 Å². The molecule has 0 spiro atoms. The second kappa shape index (κ2) is 10.0. The zero-order valence-electron chi connectivity index (χ0n) is 12.3. The van der Waals surface area contributed by atoms with Crippen LogP contribution in [0.3, 0.4) is 0 Å². The molecule has 0 radical (unpaired) electrons. The highest BCUT2D eigenvalue weighted by Gasteiger charge is 2.24. The highest BCUT2D eigenvalue weighted by molar-refractivity contribution is 5.85. The van der Waals surface area contributed by atoms with Gasteiger partial charge in [0.2, 0.25) is 5.91 Å². The molecule has 0 saturated carbocycles. The summed E-state index contributed by atoms with van der Waals surface area (Å²) in [4.78, 5) is 14.0. The Balaban J connectivity index is 0.00000200. The molecule has 3 N–H and O–H groups in total. The van der Waals surface area contributed by atoms with Crippen molar-refractivity contribution in [2.45, 2.75) is 38.4 Å². The van der Waals surface area contributed by atoms with E-state index in [1.165, 1.54) is 12.0 Å². The molecule has 21 heavy (non-hydrogen) atoms. The Kier molecular flexibility index (Phi) is 9.62. The van der Waals surface area contributed by atoms with Crippen molar-refractivity contribution in [1.29, 1.82) is 0 Å². The first kappa shape index (κ1) is 20.2. The lowest BCUT2D eigenvalue weighted by molar-refractivity contribution is -0.122. The van der Waals surface area contributed by atoms with Gasteiger partial charge in [0, 0.05) is 19.1 Å². The summed E-state index contributed by atoms with van der Waals surface area (Å²) in [5, 5.41) is 2.93. The van der Waals surface area contributed by atoms with E-state index in [1.807, 2.05) is 6.07 Å². The maximum Gasteiger partial charge on any atom is 0.236 e. The van der Waals surface area contributed by atoms with E-state index < -0.39 is 6.04 Å². The van der Waals surface area contributed by atoms with Gasteiger partial charge >= 0.3 is 0 Å². The predicted octanol–water partition coefficient (Wildman–Crippen LogP) is 1.96. The van der Waals surface area contributed by atoms with Gasteiger partial charge in [0.05, 0.1) is 6.04 Å². The Morgan fingerprint density at radius 2 is 2.05 bits per heavy atom. The van der Waals surface area contributed by atoms with Crippen molar-refractivity contribution < 1.29 is 4.79 Å². The number of nitrogens with two attached hydrogens (primary N) is 1. The maximum absolute atomic E-state index is 11.5. The lowest BCUT2D eigenvalue weighted by Crippen LogP contribution is -2.44. The van der Waals surface area contributed by atoms with E-state index in [2.05, 4.69) is 34.5 Å². The molecule has 0 bridgehead atoms. The van der Waals surface area contributed by atoms with Crippen LogP contribution in [0.4, 0.5) is 0 Å². The number of hydrogen-bond acceptors (Lipinski definition) is 3. The molecule has 4 nitrogen and oxygen atoms in total. The van der Waals surface area contributed by atoms with Crippen LogP contribution in [0.1, 0.15) is 25.3 Å². The molecule has 2 atom stereocenters. The van der Waals surface area contributed by atoms with Gasteiger partial charge in [0.25, 0.3) is 0 Å². The monoisotopic (exact) mass is 333 g/mol. The van der Waals surface area contributed by atoms with Crippen molar-refractivity contribution in [3.05, 3.63) is 35.9 Å². The second-order valence-corrected chi connectivity index (χ2v) is 5.29. The minimum atomic E-state index is -0.427. The van der Waals surface area contributed by atoms with Crippen molar-refractivity contribution in [3.8, 4) is 0 Å². The highest BCUT2D eigenvalue weighted by atomic mass is 35.5. The number of carbonyl (C=O) groups excluding carboxylic acids is 1. The standard InChI is InChI=1S/C15H23N3O.2ClH/c1-12(16)15(19)17-10-14-8-5-9-18(14)11-13-6-3-2-4-7-13;;/h2-4,6-7,12,14H,5,8-11,16H2,1H3,(H,17,19);2*1H/t12-,14?;;/m0../s1. The van der Waals surface area contributed by atoms with Crippen LogP contribution in [0.5, 0.6) is 0 Å². The fourth-order valence-electron chi connectivity index (χ4n) is 2.53. The van der Waals surface area contributed by atoms with Gasteiger partial charge in [-0.05, 0) is 31.9 Å². The maximum atomic E-state index is 11.5. The van der Waals surface area contributed by atoms with Crippen LogP contribution in [0, 0.1) is 0 Å². The van der Waals surface area contributed by atoms with Crippen LogP contribution < -0.4 is 11.1 Å². The van der Waals surface area contributed by atoms with E-state index in [9.17, 15) is 4.79 Å². The number of nitrogens with zero attached hydrogens (tertiary/aromatic N) is 1. The SMILES string of the molecule is C[C@H](N)C(=O)NCC1CCCN1Cc1ccccc1.Cl.Cl. The van der Waals surface area contributed by atoms with E-state index in [0.29, 0.717) is 12.6 Å². The average molecular weight is 334 g/mol. The molecule has 1 heterocycles. The summed E-state index contributed by atoms with van der Waals surface area (Å²) in [6.45, 7) is 4.48. The van der Waals surface area contributed by atoms with E-state index in [1.54, 1.807) is 6.92 Å². The van der Waals surface area contributed by atoms with Gasteiger partial charge in [-0.15, -0.1) is 24.8 Å². The van der Waals surface area contributed by atoms with E-state index in [4.69, 9.17) is 5.73 Å². The first-order chi connectivity index (χ1) is 9.16. The molecule has 1 saturated heterocycles. The summed E-state index contributed by atoms with van der Waals surface area (Å²) < 4.78 is 0. The Morgan fingerprint density at radius 3 is 2.67 bits per heavy atom. The topological polar surface area (TPSA) is 58.4 Å². The van der Waals surface area contributed by atoms with E-state index in [0.717, 1.165) is 19.5 Å². The second-order valence-electron chi connectivity index (χ2n) is 5.29. The number of rotatable bonds is 5. The highest BCUT2D eigenvalue weighted by Crippen LogP contribution is 2.19. The molecule has 1 aliphatic heterocycles. The fraction of sp³-hybridized carbons (Fsp3) is 0.533. The summed E-state index contributed by atoms with van der Waals surface area (Å²) in [7, 11) is 0. The van der Waals surface area contributed by atoms with Crippen LogP contribution in [-0.4, -0.2) is 36.0 Å². The molecule has 1 fully saturated rings. The Hall–Kier alpha value is -0.810. The minimum Gasteiger partial charge on any atom is -0.353 e. The van der Waals surface area contributed by atoms with Gasteiger partial charge in [-0.25, -0.2) is 0 Å². The van der Waals surface area contributed by atoms with Gasteiger partial charge in [-0.2, -0.15) is 0 Å². The number of benzene rings is 1. The smallest absolute Gasteiger partial charge is 0.236 e. The van der Waals surface area contributed by atoms with Gasteiger partial charge in [-0.1, -0.05) is 30.3 Å². The van der Waals surface area contributed by atoms with Crippen molar-refractivity contribution in [2.75, 3.05) is 13.1 Å². The number of likely N-dealkylation sites (tertiary alicyclic amines) is 1. The summed E-state index contributed by atoms with van der Waals surface area (Å²) >= 11 is 0. The van der Waals surface area contributed by atoms with Crippen molar-refractivity contribution in [2.24, 2.45) is 5.73 Å². The molecule has 0 aliphatic carbocycles. The van der Waals surface area contributed by atoms with Gasteiger partial charge < -0.3 is 11.1 Å². The molecule has 0 aromatic heterocycles. The summed E-state index contributed by atoms with van der Waals surface area (Å²) in [5.41, 5.74) is 6.88. The van der Waals surface area contributed by atoms with Crippen molar-refractivity contribution in [3.63, 3.8) is 0 Å². The predicted molar refractivity (Wildman–Crippen MR) is 91.0 cm³/mol. The molecule has 6 heteroatoms. The van der Waals surface area contributed by atoms with E-state index >= 15 is 0 Å². The van der Waals surface area contributed by atoms with Gasteiger partial charge in [0.15, 0.2) is 0 Å². The first-order valence-electron chi connectivity index (χ1n) is 6.98. The molecular weight excluding hydrogens is 309 g/mol. The van der Waals surface area contributed by atoms with Crippen molar-refractivity contribution in [1.82, 2.24) is 10.2 Å². The number of carbonyl (C=O) groups is 1. The van der Waals surface area contributed by atoms with Crippen LogP contribution in [0.25, 0.3) is 0 Å². The number of amides is 1. The molecule has 1 aromatic rings. The molecule has 1 amide bonds. The largest absolute Gasteiger partial charge is 0.353 e. The molecule has 1 aromatic carbocycles. The Bertz CT molecular complexity index is 415. The summed E-state index contributed by atoms with van der Waals surface area (Å²) in [6, 6.07) is 10.5. The third kappa shape index (κ3) is 6.22. The fourth-order valence-corrected chi connectivity index (χ4v) is 2.53. The minimum absolute atomic E-state index is 0. The van der Waals surface area contributed by atoms with Crippen LogP contribution in [0.2, 0.25) is 0 Å². The molecule has 2 rings (SSSR count). The number of halogens is 2. The zero-order valence-corrected chi connectivity index (χ0v) is 14.0. The lowest BCUT2D eigenvalue weighted by atomic mass is 10.1. The third-order valence-corrected chi connectivity index (χ3v) is 3.65. The molecule has 120 valence electrons. The Labute approximate surface area is 139 Å². The van der Waals surface area contributed by atoms with Crippen LogP contribution in [-0.2, 0) is 11.3 Å². The molecule has 1 unspecified atom stereocenters. The summed E-state index contributed by atoms with van der Waals surface area (Å²) in [6.07, 6.45) is 2.34. The lowest BCUT2D eigenvalue weighted by Gasteiger charge is -2.25. The zero-order chi connectivity index (χ0) is 13.7. The molecular formula is C15H25Cl2N3O. The quantitative estimate of drug-likeness (QED) is 0.865. The van der Waals surface area contributed by atoms with Crippen LogP contribution in [0.15, 0.2) is 30.3 Å². The van der Waals surface area contributed by atoms with Gasteiger partial charge in [0.1, 0.15) is 0 Å². The third-order valence-electron chi connectivity index (χ3n) is 3.65. The number of hydrogen-bond donors (Lipinski definition) is 2. The van der Waals surface area contributed by atoms with E-state index in [-0.39, 0.29) is 30.7 Å². The summed E-state index contributed by atoms with van der Waals surface area (Å²) in [5.74, 6) is -0.0634. The number of nitrogens with one attached hydrogen (secondary N) is 1.